The van der Waals surface area contributed by atoms with Gasteiger partial charge in [0.25, 0.3) is 5.56 Å². The van der Waals surface area contributed by atoms with E-state index in [9.17, 15) is 19.2 Å². The Morgan fingerprint density at radius 3 is 2.67 bits per heavy atom. The van der Waals surface area contributed by atoms with Gasteiger partial charge < -0.3 is 15.2 Å². The van der Waals surface area contributed by atoms with Crippen molar-refractivity contribution in [2.45, 2.75) is 45.1 Å². The van der Waals surface area contributed by atoms with Crippen molar-refractivity contribution in [3.63, 3.8) is 0 Å². The summed E-state index contributed by atoms with van der Waals surface area (Å²) >= 11 is 12.0. The van der Waals surface area contributed by atoms with Gasteiger partial charge in [-0.3, -0.25) is 19.4 Å². The van der Waals surface area contributed by atoms with E-state index in [1.54, 1.807) is 24.0 Å². The van der Waals surface area contributed by atoms with Crippen LogP contribution in [-0.4, -0.2) is 39.3 Å². The first-order valence-electron chi connectivity index (χ1n) is 9.63. The van der Waals surface area contributed by atoms with Crippen LogP contribution < -0.4 is 16.6 Å². The number of nitrogens with one attached hydrogen (secondary N) is 3. The maximum atomic E-state index is 12.9. The van der Waals surface area contributed by atoms with Gasteiger partial charge in [0.15, 0.2) is 0 Å². The summed E-state index contributed by atoms with van der Waals surface area (Å²) in [5.74, 6) is -0.535. The number of hydrogen-bond donors (Lipinski definition) is 3. The van der Waals surface area contributed by atoms with Gasteiger partial charge in [-0.25, -0.2) is 4.79 Å². The number of aromatic amines is 2. The Kier molecular flexibility index (Phi) is 6.99. The number of rotatable bonds is 5. The largest absolute Gasteiger partial charge is 0.331 e. The molecule has 1 aliphatic rings. The van der Waals surface area contributed by atoms with Gasteiger partial charge in [-0.1, -0.05) is 23.2 Å². The van der Waals surface area contributed by atoms with Crippen LogP contribution in [0.3, 0.4) is 0 Å². The summed E-state index contributed by atoms with van der Waals surface area (Å²) in [4.78, 5) is 55.3. The van der Waals surface area contributed by atoms with E-state index in [1.807, 2.05) is 0 Å². The van der Waals surface area contributed by atoms with Gasteiger partial charge in [0.2, 0.25) is 11.8 Å². The summed E-state index contributed by atoms with van der Waals surface area (Å²) in [5, 5.41) is 3.55. The van der Waals surface area contributed by atoms with Crippen molar-refractivity contribution in [3.8, 4) is 0 Å². The summed E-state index contributed by atoms with van der Waals surface area (Å²) < 4.78 is 0. The Hall–Kier alpha value is -2.58. The molecule has 10 heteroatoms. The highest BCUT2D eigenvalue weighted by atomic mass is 35.5. The first kappa shape index (κ1) is 22.1. The zero-order chi connectivity index (χ0) is 21.8. The standard InChI is InChI=1S/C20H22Cl2N4O4/c1-11-13(18(28)25-20(30)23-11)6-8-17(27)26-9-3-2-4-16(26)19(29)24-15-7-5-12(21)10-14(15)22/h5,7,10,16H,2-4,6,8-9H2,1H3,(H,24,29)(H2,23,25,28,30). The van der Waals surface area contributed by atoms with Crippen LogP contribution >= 0.6 is 23.2 Å². The topological polar surface area (TPSA) is 115 Å². The van der Waals surface area contributed by atoms with Crippen molar-refractivity contribution in [3.05, 3.63) is 60.3 Å². The molecule has 8 nitrogen and oxygen atoms in total. The summed E-state index contributed by atoms with van der Waals surface area (Å²) in [6.07, 6.45) is 2.40. The molecule has 30 heavy (non-hydrogen) atoms. The van der Waals surface area contributed by atoms with Gasteiger partial charge in [-0.05, 0) is 50.8 Å². The summed E-state index contributed by atoms with van der Waals surface area (Å²) in [5.41, 5.74) is 0.130. The molecule has 0 aliphatic carbocycles. The lowest BCUT2D eigenvalue weighted by atomic mass is 10.00. The third-order valence-corrected chi connectivity index (χ3v) is 5.71. The van der Waals surface area contributed by atoms with Gasteiger partial charge in [-0.15, -0.1) is 0 Å². The number of anilines is 1. The lowest BCUT2D eigenvalue weighted by molar-refractivity contribution is -0.140. The van der Waals surface area contributed by atoms with Crippen LogP contribution in [0, 0.1) is 6.92 Å². The molecule has 1 saturated heterocycles. The second-order valence-corrected chi connectivity index (χ2v) is 8.07. The van der Waals surface area contributed by atoms with Crippen LogP contribution in [-0.2, 0) is 16.0 Å². The first-order chi connectivity index (χ1) is 14.3. The number of benzene rings is 1. The molecule has 0 bridgehead atoms. The predicted molar refractivity (Wildman–Crippen MR) is 115 cm³/mol. The molecular weight excluding hydrogens is 431 g/mol. The Balaban J connectivity index is 1.70. The van der Waals surface area contributed by atoms with Crippen molar-refractivity contribution in [2.24, 2.45) is 0 Å². The molecule has 2 aromatic rings. The molecule has 1 fully saturated rings. The van der Waals surface area contributed by atoms with E-state index in [2.05, 4.69) is 15.3 Å². The number of carbonyl (C=O) groups is 2. The van der Waals surface area contributed by atoms with Crippen molar-refractivity contribution < 1.29 is 9.59 Å². The minimum Gasteiger partial charge on any atom is -0.331 e. The molecule has 0 spiro atoms. The Morgan fingerprint density at radius 2 is 1.97 bits per heavy atom. The van der Waals surface area contributed by atoms with Crippen LogP contribution in [0.1, 0.15) is 36.9 Å². The normalized spacial score (nSPS) is 16.4. The van der Waals surface area contributed by atoms with Crippen LogP contribution in [0.5, 0.6) is 0 Å². The molecule has 1 aliphatic heterocycles. The number of H-pyrrole nitrogens is 2. The molecule has 0 radical (unpaired) electrons. The van der Waals surface area contributed by atoms with Crippen molar-refractivity contribution >= 4 is 40.7 Å². The van der Waals surface area contributed by atoms with Crippen molar-refractivity contribution in [1.29, 1.82) is 0 Å². The SMILES string of the molecule is Cc1[nH]c(=O)[nH]c(=O)c1CCC(=O)N1CCCCC1C(=O)Nc1ccc(Cl)cc1Cl. The molecular formula is C20H22Cl2N4O4. The van der Waals surface area contributed by atoms with Gasteiger partial charge in [0.05, 0.1) is 10.7 Å². The lowest BCUT2D eigenvalue weighted by Gasteiger charge is -2.35. The van der Waals surface area contributed by atoms with Crippen LogP contribution in [0.4, 0.5) is 5.69 Å². The average molecular weight is 453 g/mol. The smallest absolute Gasteiger partial charge is 0.325 e. The Bertz CT molecular complexity index is 1080. The number of amides is 2. The molecule has 2 amide bonds. The van der Waals surface area contributed by atoms with Crippen molar-refractivity contribution in [2.75, 3.05) is 11.9 Å². The fourth-order valence-corrected chi connectivity index (χ4v) is 4.07. The van der Waals surface area contributed by atoms with Gasteiger partial charge in [0, 0.05) is 29.2 Å². The molecule has 1 aromatic carbocycles. The molecule has 1 aromatic heterocycles. The van der Waals surface area contributed by atoms with Crippen LogP contribution in [0.25, 0.3) is 0 Å². The van der Waals surface area contributed by atoms with Gasteiger partial charge >= 0.3 is 5.69 Å². The fraction of sp³-hybridized carbons (Fsp3) is 0.400. The number of nitrogens with zero attached hydrogens (tertiary/aromatic N) is 1. The maximum absolute atomic E-state index is 12.9. The number of hydrogen-bond acceptors (Lipinski definition) is 4. The van der Waals surface area contributed by atoms with E-state index < -0.39 is 17.3 Å². The monoisotopic (exact) mass is 452 g/mol. The number of aromatic nitrogens is 2. The van der Waals surface area contributed by atoms with Gasteiger partial charge in [0.1, 0.15) is 6.04 Å². The maximum Gasteiger partial charge on any atom is 0.325 e. The number of piperidine rings is 1. The minimum absolute atomic E-state index is 0.0570. The zero-order valence-corrected chi connectivity index (χ0v) is 17.9. The van der Waals surface area contributed by atoms with Crippen LogP contribution in [0.2, 0.25) is 10.0 Å². The number of halogens is 2. The second kappa shape index (κ2) is 9.49. The Labute approximate surface area is 182 Å². The average Bonchev–Trinajstić information content (AvgIpc) is 2.69. The quantitative estimate of drug-likeness (QED) is 0.646. The number of carbonyl (C=O) groups excluding carboxylic acids is 2. The Morgan fingerprint density at radius 1 is 1.20 bits per heavy atom. The molecule has 0 saturated carbocycles. The minimum atomic E-state index is -0.618. The summed E-state index contributed by atoms with van der Waals surface area (Å²) in [7, 11) is 0. The van der Waals surface area contributed by atoms with E-state index in [0.29, 0.717) is 40.0 Å². The molecule has 2 heterocycles. The molecule has 3 rings (SSSR count). The third-order valence-electron chi connectivity index (χ3n) is 5.16. The van der Waals surface area contributed by atoms with Crippen LogP contribution in [0.15, 0.2) is 27.8 Å². The van der Waals surface area contributed by atoms with E-state index in [0.717, 1.165) is 12.8 Å². The summed E-state index contributed by atoms with van der Waals surface area (Å²) in [6, 6.07) is 4.15. The highest BCUT2D eigenvalue weighted by Gasteiger charge is 2.32. The summed E-state index contributed by atoms with van der Waals surface area (Å²) in [6.45, 7) is 2.08. The number of aryl methyl sites for hydroxylation is 1. The highest BCUT2D eigenvalue weighted by molar-refractivity contribution is 6.36. The molecule has 160 valence electrons. The van der Waals surface area contributed by atoms with E-state index in [1.165, 1.54) is 6.07 Å². The van der Waals surface area contributed by atoms with E-state index in [4.69, 9.17) is 23.2 Å². The third kappa shape index (κ3) is 5.12. The first-order valence-corrected chi connectivity index (χ1v) is 10.4. The fourth-order valence-electron chi connectivity index (χ4n) is 3.61. The molecule has 1 atom stereocenters. The second-order valence-electron chi connectivity index (χ2n) is 7.22. The van der Waals surface area contributed by atoms with Crippen molar-refractivity contribution in [1.82, 2.24) is 14.9 Å². The predicted octanol–water partition coefficient (Wildman–Crippen LogP) is 2.63. The molecule has 3 N–H and O–H groups in total. The van der Waals surface area contributed by atoms with E-state index in [-0.39, 0.29) is 24.7 Å². The lowest BCUT2D eigenvalue weighted by Crippen LogP contribution is -2.50. The van der Waals surface area contributed by atoms with Gasteiger partial charge in [-0.2, -0.15) is 0 Å². The highest BCUT2D eigenvalue weighted by Crippen LogP contribution is 2.27. The zero-order valence-electron chi connectivity index (χ0n) is 16.4. The van der Waals surface area contributed by atoms with E-state index >= 15 is 0 Å². The molecule has 1 unspecified atom stereocenters. The number of likely N-dealkylation sites (tertiary alicyclic amines) is 1.